The van der Waals surface area contributed by atoms with Crippen LogP contribution in [0.4, 0.5) is 11.7 Å². The van der Waals surface area contributed by atoms with Gasteiger partial charge in [-0.25, -0.2) is 19.9 Å². The van der Waals surface area contributed by atoms with E-state index in [0.29, 0.717) is 24.5 Å². The molecule has 0 bridgehead atoms. The first-order valence-corrected chi connectivity index (χ1v) is 9.49. The maximum absolute atomic E-state index is 9.47. The SMILES string of the molecule is CC1CC1c1noc(N2CN=C3c4ccccc4N4C(=CN(C#N)C4Cl)N32)n1. The lowest BCUT2D eigenvalue weighted by Gasteiger charge is -2.40. The lowest BCUT2D eigenvalue weighted by atomic mass is 10.1. The maximum Gasteiger partial charge on any atom is 0.345 e. The highest BCUT2D eigenvalue weighted by atomic mass is 35.5. The fraction of sp³-hybridized carbons (Fsp3) is 0.333. The predicted octanol–water partition coefficient (Wildman–Crippen LogP) is 2.57. The fourth-order valence-corrected chi connectivity index (χ4v) is 4.25. The minimum absolute atomic E-state index is 0.343. The summed E-state index contributed by atoms with van der Waals surface area (Å²) in [4.78, 5) is 12.6. The van der Waals surface area contributed by atoms with Gasteiger partial charge in [0.25, 0.3) is 0 Å². The molecular weight excluding hydrogens is 380 g/mol. The third-order valence-electron chi connectivity index (χ3n) is 5.57. The number of hydrogen-bond donors (Lipinski definition) is 0. The van der Waals surface area contributed by atoms with Gasteiger partial charge in [-0.1, -0.05) is 35.8 Å². The Morgan fingerprint density at radius 3 is 2.93 bits per heavy atom. The number of anilines is 2. The lowest BCUT2D eigenvalue weighted by molar-refractivity contribution is 0.365. The van der Waals surface area contributed by atoms with E-state index in [4.69, 9.17) is 21.1 Å². The first-order valence-electron chi connectivity index (χ1n) is 9.05. The zero-order valence-electron chi connectivity index (χ0n) is 14.9. The zero-order valence-corrected chi connectivity index (χ0v) is 15.7. The van der Waals surface area contributed by atoms with E-state index in [0.717, 1.165) is 35.2 Å². The Hall–Kier alpha value is -3.25. The monoisotopic (exact) mass is 394 g/mol. The summed E-state index contributed by atoms with van der Waals surface area (Å²) in [6, 6.07) is 8.25. The van der Waals surface area contributed by atoms with E-state index in [-0.39, 0.29) is 0 Å². The van der Waals surface area contributed by atoms with E-state index in [9.17, 15) is 5.26 Å². The molecule has 2 aromatic rings. The van der Waals surface area contributed by atoms with Crippen molar-refractivity contribution >= 4 is 29.1 Å². The Bertz CT molecular complexity index is 1090. The number of aliphatic imine (C=N–C) groups is 1. The average Bonchev–Trinajstić information content (AvgIpc) is 3.11. The van der Waals surface area contributed by atoms with Gasteiger partial charge in [-0.15, -0.1) is 0 Å². The molecule has 6 rings (SSSR count). The molecular formula is C18H15ClN8O. The summed E-state index contributed by atoms with van der Waals surface area (Å²) in [5.74, 6) is 3.18. The van der Waals surface area contributed by atoms with E-state index in [2.05, 4.69) is 23.3 Å². The van der Waals surface area contributed by atoms with Gasteiger partial charge >= 0.3 is 6.01 Å². The quantitative estimate of drug-likeness (QED) is 0.436. The molecule has 28 heavy (non-hydrogen) atoms. The van der Waals surface area contributed by atoms with Crippen molar-refractivity contribution < 1.29 is 4.52 Å². The molecule has 1 aromatic heterocycles. The van der Waals surface area contributed by atoms with Crippen LogP contribution in [-0.2, 0) is 0 Å². The van der Waals surface area contributed by atoms with Gasteiger partial charge in [0, 0.05) is 11.5 Å². The minimum Gasteiger partial charge on any atom is -0.313 e. The van der Waals surface area contributed by atoms with Crippen LogP contribution in [0.1, 0.15) is 30.7 Å². The normalized spacial score (nSPS) is 27.1. The fourth-order valence-electron chi connectivity index (χ4n) is 3.95. The number of amidine groups is 1. The molecule has 0 saturated heterocycles. The van der Waals surface area contributed by atoms with E-state index < -0.39 is 5.62 Å². The molecule has 3 aliphatic heterocycles. The van der Waals surface area contributed by atoms with Gasteiger partial charge in [0.15, 0.2) is 29.3 Å². The number of nitriles is 1. The molecule has 1 saturated carbocycles. The van der Waals surface area contributed by atoms with Crippen LogP contribution in [0.2, 0.25) is 0 Å². The Morgan fingerprint density at radius 2 is 2.14 bits per heavy atom. The third kappa shape index (κ3) is 1.98. The van der Waals surface area contributed by atoms with Crippen LogP contribution in [0.3, 0.4) is 0 Å². The average molecular weight is 395 g/mol. The summed E-state index contributed by atoms with van der Waals surface area (Å²) >= 11 is 6.57. The number of fused-ring (bicyclic) bond motifs is 6. The van der Waals surface area contributed by atoms with E-state index in [1.165, 1.54) is 4.90 Å². The molecule has 0 N–H and O–H groups in total. The van der Waals surface area contributed by atoms with E-state index >= 15 is 0 Å². The molecule has 3 unspecified atom stereocenters. The van der Waals surface area contributed by atoms with E-state index in [1.54, 1.807) is 6.20 Å². The molecule has 0 spiro atoms. The van der Waals surface area contributed by atoms with Crippen LogP contribution in [0.15, 0.2) is 45.8 Å². The van der Waals surface area contributed by atoms with Gasteiger partial charge in [-0.2, -0.15) is 10.2 Å². The van der Waals surface area contributed by atoms with Crippen LogP contribution in [0.5, 0.6) is 0 Å². The molecule has 1 aliphatic carbocycles. The molecule has 0 amide bonds. The molecule has 4 heterocycles. The molecule has 0 radical (unpaired) electrons. The first kappa shape index (κ1) is 15.8. The Balaban J connectivity index is 1.45. The summed E-state index contributed by atoms with van der Waals surface area (Å²) in [5.41, 5.74) is 1.18. The Kier molecular flexibility index (Phi) is 3.04. The number of alkyl halides is 1. The van der Waals surface area contributed by atoms with Gasteiger partial charge in [-0.3, -0.25) is 4.90 Å². The first-order chi connectivity index (χ1) is 13.7. The summed E-state index contributed by atoms with van der Waals surface area (Å²) < 4.78 is 5.56. The number of aromatic nitrogens is 2. The molecule has 1 fully saturated rings. The molecule has 4 aliphatic rings. The van der Waals surface area contributed by atoms with Crippen molar-refractivity contribution in [3.63, 3.8) is 0 Å². The van der Waals surface area contributed by atoms with Crippen molar-refractivity contribution in [2.45, 2.75) is 24.9 Å². The highest BCUT2D eigenvalue weighted by Crippen LogP contribution is 2.47. The Morgan fingerprint density at radius 1 is 1.32 bits per heavy atom. The molecule has 140 valence electrons. The summed E-state index contributed by atoms with van der Waals surface area (Å²) in [6.07, 6.45) is 4.91. The topological polar surface area (TPSA) is 88.0 Å². The van der Waals surface area contributed by atoms with Gasteiger partial charge < -0.3 is 4.52 Å². The lowest BCUT2D eigenvalue weighted by Crippen LogP contribution is -2.50. The molecule has 9 nitrogen and oxygen atoms in total. The minimum atomic E-state index is -0.657. The standard InChI is InChI=1S/C18H15ClN8O/c1-10-6-12(10)15-22-18(28-23-15)25-9-21-16-11-4-2-3-5-13(11)26-14(27(16)25)7-24(8-20)17(26)19/h2-5,7,10,12,17H,6,9H2,1H3. The van der Waals surface area contributed by atoms with Gasteiger partial charge in [0.05, 0.1) is 11.9 Å². The predicted molar refractivity (Wildman–Crippen MR) is 101 cm³/mol. The van der Waals surface area contributed by atoms with Crippen LogP contribution >= 0.6 is 11.6 Å². The summed E-state index contributed by atoms with van der Waals surface area (Å²) in [6.45, 7) is 2.52. The second-order valence-electron chi connectivity index (χ2n) is 7.28. The highest BCUT2D eigenvalue weighted by molar-refractivity contribution is 6.23. The van der Waals surface area contributed by atoms with Crippen molar-refractivity contribution in [3.05, 3.63) is 47.7 Å². The van der Waals surface area contributed by atoms with Crippen molar-refractivity contribution in [2.24, 2.45) is 10.9 Å². The zero-order chi connectivity index (χ0) is 19.0. The maximum atomic E-state index is 9.47. The van der Waals surface area contributed by atoms with Gasteiger partial charge in [0.2, 0.25) is 0 Å². The second kappa shape index (κ2) is 5.39. The summed E-state index contributed by atoms with van der Waals surface area (Å²) in [5, 5.41) is 17.3. The number of hydrogen-bond acceptors (Lipinski definition) is 9. The summed E-state index contributed by atoms with van der Waals surface area (Å²) in [7, 11) is 0. The Labute approximate surface area is 165 Å². The number of halogens is 1. The van der Waals surface area contributed by atoms with Crippen LogP contribution < -0.4 is 9.91 Å². The van der Waals surface area contributed by atoms with Gasteiger partial charge in [-0.05, 0) is 24.5 Å². The third-order valence-corrected chi connectivity index (χ3v) is 5.98. The molecule has 10 heteroatoms. The van der Waals surface area contributed by atoms with Crippen LogP contribution in [-0.4, -0.2) is 38.2 Å². The van der Waals surface area contributed by atoms with Crippen molar-refractivity contribution in [3.8, 4) is 6.19 Å². The molecule has 1 aromatic carbocycles. The van der Waals surface area contributed by atoms with Crippen molar-refractivity contribution in [1.82, 2.24) is 20.0 Å². The van der Waals surface area contributed by atoms with E-state index in [1.807, 2.05) is 39.2 Å². The second-order valence-corrected chi connectivity index (χ2v) is 7.67. The number of rotatable bonds is 2. The van der Waals surface area contributed by atoms with Gasteiger partial charge in [0.1, 0.15) is 6.67 Å². The van der Waals surface area contributed by atoms with Crippen molar-refractivity contribution in [2.75, 3.05) is 16.6 Å². The van der Waals surface area contributed by atoms with Crippen molar-refractivity contribution in [1.29, 1.82) is 5.26 Å². The highest BCUT2D eigenvalue weighted by Gasteiger charge is 2.47. The number of para-hydroxylation sites is 1. The molecule has 3 atom stereocenters. The number of benzene rings is 1. The number of hydrazine groups is 1. The smallest absolute Gasteiger partial charge is 0.313 e. The van der Waals surface area contributed by atoms with Crippen LogP contribution in [0.25, 0.3) is 0 Å². The largest absolute Gasteiger partial charge is 0.345 e. The van der Waals surface area contributed by atoms with Crippen LogP contribution in [0, 0.1) is 17.4 Å². The number of nitrogens with zero attached hydrogens (tertiary/aromatic N) is 8.